The Labute approximate surface area is 326 Å². The minimum atomic E-state index is -0.567. The fraction of sp³-hybridized carbons (Fsp3) is 0.745. The number of carbonyl (C=O) groups excluding carboxylic acids is 1. The van der Waals surface area contributed by atoms with Crippen LogP contribution in [0.2, 0.25) is 0 Å². The standard InChI is InChI=1S/C47H80N2O4/c1-5-9-12-15-16-17-18-19-20-21-22-23-24-27-33-45(47(50)48-41-42-32-28-29-37-49(42)36-8-4)53-43-34-35-44(51-38-30-25-13-10-6-2)46(40-43)52-39-31-26-14-11-7-3/h28-29,32,34-35,37,40,45H,5-27,30-31,33,36,38-39,41H2,1-4H3/p+1. The normalized spacial score (nSPS) is 11.8. The van der Waals surface area contributed by atoms with Gasteiger partial charge in [0.1, 0.15) is 18.8 Å². The molecule has 1 aromatic carbocycles. The summed E-state index contributed by atoms with van der Waals surface area (Å²) in [6.07, 6.45) is 33.5. The van der Waals surface area contributed by atoms with Crippen molar-refractivity contribution in [2.75, 3.05) is 13.2 Å². The summed E-state index contributed by atoms with van der Waals surface area (Å²) >= 11 is 0. The second-order valence-corrected chi connectivity index (χ2v) is 15.2. The summed E-state index contributed by atoms with van der Waals surface area (Å²) in [5, 5.41) is 3.21. The molecule has 2 aromatic rings. The average molecular weight is 738 g/mol. The van der Waals surface area contributed by atoms with Crippen molar-refractivity contribution in [3.8, 4) is 17.2 Å². The number of unbranched alkanes of at least 4 members (excludes halogenated alkanes) is 21. The van der Waals surface area contributed by atoms with Crippen LogP contribution in [0.25, 0.3) is 0 Å². The Morgan fingerprint density at radius 2 is 1.09 bits per heavy atom. The van der Waals surface area contributed by atoms with Crippen LogP contribution < -0.4 is 24.1 Å². The Bertz CT molecular complexity index is 1160. The van der Waals surface area contributed by atoms with E-state index in [2.05, 4.69) is 49.8 Å². The quantitative estimate of drug-likeness (QED) is 0.0559. The molecular formula is C47H81N2O4+. The van der Waals surface area contributed by atoms with E-state index in [-0.39, 0.29) is 5.91 Å². The largest absolute Gasteiger partial charge is 0.490 e. The molecule has 0 radical (unpaired) electrons. The van der Waals surface area contributed by atoms with E-state index in [9.17, 15) is 4.79 Å². The first-order valence-corrected chi connectivity index (χ1v) is 22.4. The molecule has 0 fully saturated rings. The molecule has 2 rings (SSSR count). The Morgan fingerprint density at radius 1 is 0.585 bits per heavy atom. The van der Waals surface area contributed by atoms with Gasteiger partial charge in [-0.15, -0.1) is 0 Å². The third-order valence-electron chi connectivity index (χ3n) is 10.3. The maximum Gasteiger partial charge on any atom is 0.261 e. The molecule has 1 heterocycles. The maximum absolute atomic E-state index is 13.8. The number of pyridine rings is 1. The van der Waals surface area contributed by atoms with E-state index in [4.69, 9.17) is 14.2 Å². The monoisotopic (exact) mass is 738 g/mol. The second-order valence-electron chi connectivity index (χ2n) is 15.2. The first kappa shape index (κ1) is 46.4. The number of carbonyl (C=O) groups is 1. The second kappa shape index (κ2) is 32.7. The van der Waals surface area contributed by atoms with Crippen molar-refractivity contribution in [3.05, 3.63) is 48.3 Å². The van der Waals surface area contributed by atoms with Crippen LogP contribution in [0.5, 0.6) is 17.2 Å². The molecule has 53 heavy (non-hydrogen) atoms. The molecule has 302 valence electrons. The molecule has 6 heteroatoms. The van der Waals surface area contributed by atoms with Crippen molar-refractivity contribution >= 4 is 5.91 Å². The van der Waals surface area contributed by atoms with E-state index in [1.165, 1.54) is 128 Å². The summed E-state index contributed by atoms with van der Waals surface area (Å²) in [5.74, 6) is 2.08. The molecule has 0 aliphatic heterocycles. The van der Waals surface area contributed by atoms with Crippen molar-refractivity contribution in [3.63, 3.8) is 0 Å². The number of benzene rings is 1. The van der Waals surface area contributed by atoms with Gasteiger partial charge in [0.2, 0.25) is 5.69 Å². The minimum absolute atomic E-state index is 0.0580. The van der Waals surface area contributed by atoms with Crippen LogP contribution in [0.1, 0.15) is 200 Å². The van der Waals surface area contributed by atoms with Gasteiger partial charge in [-0.3, -0.25) is 4.79 Å². The molecule has 0 spiro atoms. The number of rotatable bonds is 36. The molecule has 1 aromatic heterocycles. The van der Waals surface area contributed by atoms with Gasteiger partial charge in [-0.25, -0.2) is 4.57 Å². The molecule has 0 saturated heterocycles. The van der Waals surface area contributed by atoms with E-state index in [0.717, 1.165) is 50.1 Å². The molecule has 0 bridgehead atoms. The number of aromatic nitrogens is 1. The van der Waals surface area contributed by atoms with Crippen molar-refractivity contribution in [1.82, 2.24) is 5.32 Å². The predicted octanol–water partition coefficient (Wildman–Crippen LogP) is 13.0. The smallest absolute Gasteiger partial charge is 0.261 e. The Hall–Kier alpha value is -2.76. The lowest BCUT2D eigenvalue weighted by Gasteiger charge is -2.20. The van der Waals surface area contributed by atoms with Gasteiger partial charge in [-0.05, 0) is 37.8 Å². The van der Waals surface area contributed by atoms with Crippen molar-refractivity contribution in [1.29, 1.82) is 0 Å². The zero-order valence-electron chi connectivity index (χ0n) is 34.9. The lowest BCUT2D eigenvalue weighted by molar-refractivity contribution is -0.704. The third-order valence-corrected chi connectivity index (χ3v) is 10.3. The van der Waals surface area contributed by atoms with Crippen LogP contribution in [0.15, 0.2) is 42.6 Å². The Morgan fingerprint density at radius 3 is 1.64 bits per heavy atom. The zero-order valence-corrected chi connectivity index (χ0v) is 34.9. The molecule has 0 aliphatic rings. The first-order valence-electron chi connectivity index (χ1n) is 22.4. The SMILES string of the molecule is CCCCCCCCCCCCCCCCC(Oc1ccc(OCCCCCCC)c(OCCCCCCC)c1)C(=O)NCc1cccc[n+]1CCC. The summed E-state index contributed by atoms with van der Waals surface area (Å²) in [6, 6.07) is 12.0. The van der Waals surface area contributed by atoms with E-state index in [1.54, 1.807) is 0 Å². The van der Waals surface area contributed by atoms with Crippen molar-refractivity contribution in [2.24, 2.45) is 0 Å². The lowest BCUT2D eigenvalue weighted by atomic mass is 10.0. The highest BCUT2D eigenvalue weighted by Crippen LogP contribution is 2.33. The summed E-state index contributed by atoms with van der Waals surface area (Å²) in [6.45, 7) is 11.7. The molecule has 1 amide bonds. The fourth-order valence-electron chi connectivity index (χ4n) is 6.92. The van der Waals surface area contributed by atoms with Crippen LogP contribution in [0.4, 0.5) is 0 Å². The third kappa shape index (κ3) is 22.9. The average Bonchev–Trinajstić information content (AvgIpc) is 3.17. The first-order chi connectivity index (χ1) is 26.1. The van der Waals surface area contributed by atoms with Crippen LogP contribution in [-0.4, -0.2) is 25.2 Å². The number of nitrogens with one attached hydrogen (secondary N) is 1. The number of amides is 1. The highest BCUT2D eigenvalue weighted by Gasteiger charge is 2.22. The molecule has 1 unspecified atom stereocenters. The van der Waals surface area contributed by atoms with Gasteiger partial charge >= 0.3 is 0 Å². The van der Waals surface area contributed by atoms with Crippen molar-refractivity contribution in [2.45, 2.75) is 214 Å². The number of hydrogen-bond acceptors (Lipinski definition) is 4. The molecule has 0 saturated carbocycles. The van der Waals surface area contributed by atoms with Crippen LogP contribution in [0, 0.1) is 0 Å². The van der Waals surface area contributed by atoms with E-state index in [1.807, 2.05) is 30.3 Å². The Balaban J connectivity index is 1.99. The van der Waals surface area contributed by atoms with E-state index < -0.39 is 6.10 Å². The molecule has 6 nitrogen and oxygen atoms in total. The highest BCUT2D eigenvalue weighted by atomic mass is 16.5. The van der Waals surface area contributed by atoms with Gasteiger partial charge in [-0.2, -0.15) is 0 Å². The summed E-state index contributed by atoms with van der Waals surface area (Å²) < 4.78 is 21.3. The topological polar surface area (TPSA) is 60.7 Å². The van der Waals surface area contributed by atoms with Gasteiger partial charge in [0.25, 0.3) is 5.91 Å². The van der Waals surface area contributed by atoms with Crippen LogP contribution in [-0.2, 0) is 17.9 Å². The number of nitrogens with zero attached hydrogens (tertiary/aromatic N) is 1. The van der Waals surface area contributed by atoms with Crippen LogP contribution in [0.3, 0.4) is 0 Å². The van der Waals surface area contributed by atoms with Gasteiger partial charge in [0.15, 0.2) is 23.8 Å². The van der Waals surface area contributed by atoms with E-state index >= 15 is 0 Å². The highest BCUT2D eigenvalue weighted by molar-refractivity contribution is 5.81. The minimum Gasteiger partial charge on any atom is -0.490 e. The van der Waals surface area contributed by atoms with E-state index in [0.29, 0.717) is 37.7 Å². The zero-order chi connectivity index (χ0) is 38.0. The molecule has 1 atom stereocenters. The van der Waals surface area contributed by atoms with Gasteiger partial charge < -0.3 is 19.5 Å². The Kier molecular flexibility index (Phi) is 28.6. The number of hydrogen-bond donors (Lipinski definition) is 1. The molecule has 0 aliphatic carbocycles. The fourth-order valence-corrected chi connectivity index (χ4v) is 6.92. The number of ether oxygens (including phenoxy) is 3. The summed E-state index contributed by atoms with van der Waals surface area (Å²) in [7, 11) is 0. The lowest BCUT2D eigenvalue weighted by Crippen LogP contribution is -2.43. The molecule has 1 N–H and O–H groups in total. The van der Waals surface area contributed by atoms with Crippen LogP contribution >= 0.6 is 0 Å². The predicted molar refractivity (Wildman–Crippen MR) is 223 cm³/mol. The van der Waals surface area contributed by atoms with Gasteiger partial charge in [0.05, 0.1) is 13.2 Å². The number of aryl methyl sites for hydroxylation is 1. The van der Waals surface area contributed by atoms with Gasteiger partial charge in [-0.1, -0.05) is 169 Å². The maximum atomic E-state index is 13.8. The summed E-state index contributed by atoms with van der Waals surface area (Å²) in [5.41, 5.74) is 1.10. The molecular weight excluding hydrogens is 657 g/mol. The van der Waals surface area contributed by atoms with Crippen molar-refractivity contribution < 1.29 is 23.6 Å². The summed E-state index contributed by atoms with van der Waals surface area (Å²) in [4.78, 5) is 13.8. The van der Waals surface area contributed by atoms with Gasteiger partial charge in [0, 0.05) is 24.6 Å².